The minimum Gasteiger partial charge on any atom is -0.303 e. The molecule has 0 saturated heterocycles. The monoisotopic (exact) mass is 362 g/mol. The van der Waals surface area contributed by atoms with Gasteiger partial charge in [-0.25, -0.2) is 9.59 Å². The van der Waals surface area contributed by atoms with E-state index in [2.05, 4.69) is 0 Å². The molecule has 0 fully saturated rings. The average molecular weight is 362 g/mol. The first-order chi connectivity index (χ1) is 12.2. The fourth-order valence-corrected chi connectivity index (χ4v) is 3.12. The molecule has 2 rings (SSSR count). The smallest absolute Gasteiger partial charge is 0.303 e. The van der Waals surface area contributed by atoms with Crippen molar-refractivity contribution in [3.63, 3.8) is 0 Å². The molecule has 1 atom stereocenters. The van der Waals surface area contributed by atoms with Gasteiger partial charge in [-0.05, 0) is 33.1 Å². The van der Waals surface area contributed by atoms with Crippen LogP contribution in [0.3, 0.4) is 0 Å². The number of aromatic nitrogens is 4. The van der Waals surface area contributed by atoms with Crippen LogP contribution >= 0.6 is 0 Å². The summed E-state index contributed by atoms with van der Waals surface area (Å²) in [6.07, 6.45) is 4.87. The van der Waals surface area contributed by atoms with Crippen LogP contribution in [-0.4, -0.2) is 18.3 Å². The van der Waals surface area contributed by atoms with Crippen molar-refractivity contribution in [1.82, 2.24) is 18.3 Å². The summed E-state index contributed by atoms with van der Waals surface area (Å²) in [5.74, 6) is 0. The van der Waals surface area contributed by atoms with Crippen LogP contribution < -0.4 is 22.5 Å². The van der Waals surface area contributed by atoms with Crippen molar-refractivity contribution in [1.29, 1.82) is 0 Å². The van der Waals surface area contributed by atoms with Crippen LogP contribution in [0.1, 0.15) is 43.9 Å². The number of rotatable bonds is 6. The Hall–Kier alpha value is -2.64. The molecule has 2 aromatic rings. The minimum atomic E-state index is -0.366. The summed E-state index contributed by atoms with van der Waals surface area (Å²) in [4.78, 5) is 48.7. The lowest BCUT2D eigenvalue weighted by molar-refractivity contribution is 0.421. The van der Waals surface area contributed by atoms with Gasteiger partial charge in [0.2, 0.25) is 0 Å². The lowest BCUT2D eigenvalue weighted by atomic mass is 10.1. The molecule has 2 aromatic heterocycles. The molecule has 0 N–H and O–H groups in total. The van der Waals surface area contributed by atoms with E-state index in [1.165, 1.54) is 20.7 Å². The Morgan fingerprint density at radius 1 is 1.00 bits per heavy atom. The van der Waals surface area contributed by atoms with Gasteiger partial charge in [-0.2, -0.15) is 0 Å². The highest BCUT2D eigenvalue weighted by atomic mass is 16.2. The second-order valence-corrected chi connectivity index (χ2v) is 6.72. The molecule has 0 bridgehead atoms. The van der Waals surface area contributed by atoms with Gasteiger partial charge >= 0.3 is 11.4 Å². The first-order valence-electron chi connectivity index (χ1n) is 8.77. The molecule has 0 aliphatic heterocycles. The molecule has 0 spiro atoms. The fourth-order valence-electron chi connectivity index (χ4n) is 3.12. The van der Waals surface area contributed by atoms with Gasteiger partial charge in [0, 0.05) is 50.2 Å². The van der Waals surface area contributed by atoms with E-state index in [9.17, 15) is 19.2 Å². The highest BCUT2D eigenvalue weighted by Gasteiger charge is 2.15. The maximum atomic E-state index is 12.5. The van der Waals surface area contributed by atoms with Crippen molar-refractivity contribution in [3.05, 3.63) is 65.2 Å². The molecule has 0 radical (unpaired) electrons. The van der Waals surface area contributed by atoms with Crippen LogP contribution in [0.25, 0.3) is 0 Å². The Balaban J connectivity index is 2.21. The van der Waals surface area contributed by atoms with E-state index >= 15 is 0 Å². The first kappa shape index (κ1) is 19.7. The van der Waals surface area contributed by atoms with Crippen LogP contribution in [0.4, 0.5) is 0 Å². The summed E-state index contributed by atoms with van der Waals surface area (Å²) >= 11 is 0. The molecule has 0 aliphatic carbocycles. The van der Waals surface area contributed by atoms with Crippen molar-refractivity contribution in [3.8, 4) is 0 Å². The zero-order valence-corrected chi connectivity index (χ0v) is 16.0. The van der Waals surface area contributed by atoms with Gasteiger partial charge < -0.3 is 9.13 Å². The average Bonchev–Trinajstić information content (AvgIpc) is 2.60. The Morgan fingerprint density at radius 2 is 1.65 bits per heavy atom. The third-order valence-electron chi connectivity index (χ3n) is 4.72. The number of aryl methyl sites for hydroxylation is 4. The molecule has 0 aromatic carbocycles. The second kappa shape index (κ2) is 7.72. The quantitative estimate of drug-likeness (QED) is 0.740. The molecule has 8 nitrogen and oxygen atoms in total. The normalized spacial score (nSPS) is 12.3. The zero-order valence-electron chi connectivity index (χ0n) is 16.0. The maximum Gasteiger partial charge on any atom is 0.330 e. The Bertz CT molecular complexity index is 1040. The molecule has 0 saturated carbocycles. The number of hydrogen-bond acceptors (Lipinski definition) is 4. The Kier molecular flexibility index (Phi) is 5.84. The van der Waals surface area contributed by atoms with E-state index in [0.29, 0.717) is 36.9 Å². The molecular formula is C18H26N4O4. The van der Waals surface area contributed by atoms with Gasteiger partial charge in [0.05, 0.1) is 0 Å². The topological polar surface area (TPSA) is 88.0 Å². The third kappa shape index (κ3) is 3.63. The van der Waals surface area contributed by atoms with Crippen LogP contribution in [0.15, 0.2) is 31.6 Å². The molecule has 2 heterocycles. The molecule has 26 heavy (non-hydrogen) atoms. The van der Waals surface area contributed by atoms with Crippen LogP contribution in [0, 0.1) is 6.92 Å². The molecule has 0 amide bonds. The van der Waals surface area contributed by atoms with E-state index < -0.39 is 0 Å². The molecule has 142 valence electrons. The van der Waals surface area contributed by atoms with Crippen molar-refractivity contribution in [2.45, 2.75) is 52.6 Å². The predicted octanol–water partition coefficient (Wildman–Crippen LogP) is 0.320. The van der Waals surface area contributed by atoms with Gasteiger partial charge in [-0.3, -0.25) is 18.7 Å². The number of nitrogens with zero attached hydrogens (tertiary/aromatic N) is 4. The highest BCUT2D eigenvalue weighted by molar-refractivity contribution is 5.06. The van der Waals surface area contributed by atoms with Gasteiger partial charge in [0.1, 0.15) is 0 Å². The van der Waals surface area contributed by atoms with E-state index in [1.807, 2.05) is 13.8 Å². The van der Waals surface area contributed by atoms with Crippen molar-refractivity contribution < 1.29 is 0 Å². The van der Waals surface area contributed by atoms with E-state index in [-0.39, 0.29) is 28.5 Å². The first-order valence-corrected chi connectivity index (χ1v) is 8.77. The summed E-state index contributed by atoms with van der Waals surface area (Å²) in [7, 11) is 3.09. The Labute approximate surface area is 151 Å². The molecular weight excluding hydrogens is 336 g/mol. The van der Waals surface area contributed by atoms with E-state index in [4.69, 9.17) is 0 Å². The van der Waals surface area contributed by atoms with Crippen LogP contribution in [-0.2, 0) is 27.1 Å². The van der Waals surface area contributed by atoms with E-state index in [0.717, 1.165) is 4.57 Å². The Morgan fingerprint density at radius 3 is 2.27 bits per heavy atom. The van der Waals surface area contributed by atoms with Gasteiger partial charge in [0.25, 0.3) is 11.1 Å². The third-order valence-corrected chi connectivity index (χ3v) is 4.72. The molecule has 1 unspecified atom stereocenters. The summed E-state index contributed by atoms with van der Waals surface area (Å²) in [6.45, 7) is 5.79. The minimum absolute atomic E-state index is 0.252. The number of hydrogen-bond donors (Lipinski definition) is 0. The fraction of sp³-hybridized carbons (Fsp3) is 0.556. The van der Waals surface area contributed by atoms with Crippen LogP contribution in [0.5, 0.6) is 0 Å². The predicted molar refractivity (Wildman–Crippen MR) is 99.9 cm³/mol. The van der Waals surface area contributed by atoms with Gasteiger partial charge in [0.15, 0.2) is 0 Å². The SMILES string of the molecule is CCc1cn(C)c(=O)n(C(C)CCCn2cc(C)c(=O)n(C)c2=O)c1=O. The van der Waals surface area contributed by atoms with Crippen molar-refractivity contribution in [2.24, 2.45) is 14.1 Å². The molecule has 0 aliphatic rings. The van der Waals surface area contributed by atoms with Gasteiger partial charge in [-0.15, -0.1) is 0 Å². The lowest BCUT2D eigenvalue weighted by Crippen LogP contribution is -2.42. The van der Waals surface area contributed by atoms with Crippen molar-refractivity contribution >= 4 is 0 Å². The lowest BCUT2D eigenvalue weighted by Gasteiger charge is -2.17. The van der Waals surface area contributed by atoms with Gasteiger partial charge in [-0.1, -0.05) is 6.92 Å². The summed E-state index contributed by atoms with van der Waals surface area (Å²) in [5, 5.41) is 0. The summed E-state index contributed by atoms with van der Waals surface area (Å²) < 4.78 is 5.29. The summed E-state index contributed by atoms with van der Waals surface area (Å²) in [5.41, 5.74) is -0.155. The largest absolute Gasteiger partial charge is 0.330 e. The summed E-state index contributed by atoms with van der Waals surface area (Å²) in [6, 6.07) is -0.281. The van der Waals surface area contributed by atoms with Crippen LogP contribution in [0.2, 0.25) is 0 Å². The maximum absolute atomic E-state index is 12.5. The van der Waals surface area contributed by atoms with E-state index in [1.54, 1.807) is 26.4 Å². The second-order valence-electron chi connectivity index (χ2n) is 6.72. The van der Waals surface area contributed by atoms with Crippen molar-refractivity contribution in [2.75, 3.05) is 0 Å². The zero-order chi connectivity index (χ0) is 19.6. The standard InChI is InChI=1S/C18H26N4O4/c1-6-14-11-19(4)17(25)22(16(14)24)13(3)8-7-9-21-10-12(2)15(23)20(5)18(21)26/h10-11,13H,6-9H2,1-5H3. The highest BCUT2D eigenvalue weighted by Crippen LogP contribution is 2.10. The molecule has 8 heteroatoms.